The molecule has 6 heteroatoms. The van der Waals surface area contributed by atoms with Gasteiger partial charge < -0.3 is 14.8 Å². The third-order valence-electron chi connectivity index (χ3n) is 6.72. The van der Waals surface area contributed by atoms with Crippen LogP contribution in [0.3, 0.4) is 0 Å². The van der Waals surface area contributed by atoms with E-state index in [1.54, 1.807) is 0 Å². The highest BCUT2D eigenvalue weighted by molar-refractivity contribution is 5.96. The van der Waals surface area contributed by atoms with E-state index in [0.29, 0.717) is 0 Å². The smallest absolute Gasteiger partial charge is 0.138 e. The third-order valence-corrected chi connectivity index (χ3v) is 6.72. The largest absolute Gasteiger partial charge is 0.346 e. The number of hydrogen-bond acceptors (Lipinski definition) is 5. The van der Waals surface area contributed by atoms with Crippen LogP contribution in [0, 0.1) is 0 Å². The number of aliphatic imine (C=N–C) groups is 2. The molecule has 0 radical (unpaired) electrons. The van der Waals surface area contributed by atoms with Crippen molar-refractivity contribution in [2.24, 2.45) is 9.98 Å². The normalized spacial score (nSPS) is 12.2. The lowest BCUT2D eigenvalue weighted by Gasteiger charge is -2.09. The number of benzene rings is 2. The average molecular weight is 523 g/mol. The summed E-state index contributed by atoms with van der Waals surface area (Å²) in [4.78, 5) is 21.9. The average Bonchev–Trinajstić information content (AvgIpc) is 3.41. The second-order valence-electron chi connectivity index (χ2n) is 10.6. The number of pyridine rings is 1. The summed E-state index contributed by atoms with van der Waals surface area (Å²) in [5.41, 5.74) is 7.53. The van der Waals surface area contributed by atoms with E-state index in [1.165, 1.54) is 24.0 Å². The summed E-state index contributed by atoms with van der Waals surface area (Å²) >= 11 is 0. The Morgan fingerprint density at radius 3 is 1.77 bits per heavy atom. The van der Waals surface area contributed by atoms with Crippen molar-refractivity contribution in [3.05, 3.63) is 78.0 Å². The monoisotopic (exact) mass is 522 g/mol. The van der Waals surface area contributed by atoms with E-state index < -0.39 is 0 Å². The van der Waals surface area contributed by atoms with Crippen LogP contribution < -0.4 is 0 Å². The maximum Gasteiger partial charge on any atom is 0.138 e. The van der Waals surface area contributed by atoms with Gasteiger partial charge in [0.1, 0.15) is 5.65 Å². The maximum atomic E-state index is 4.91. The molecule has 2 aromatic carbocycles. The Morgan fingerprint density at radius 2 is 1.23 bits per heavy atom. The van der Waals surface area contributed by atoms with E-state index in [9.17, 15) is 0 Å². The van der Waals surface area contributed by atoms with Gasteiger partial charge in [0.25, 0.3) is 0 Å². The molecule has 0 unspecified atom stereocenters. The molecule has 0 saturated heterocycles. The minimum atomic E-state index is 0.866. The molecule has 0 aliphatic rings. The maximum absolute atomic E-state index is 4.91. The molecule has 204 valence electrons. The number of H-pyrrole nitrogens is 1. The highest BCUT2D eigenvalue weighted by Gasteiger charge is 2.10. The fourth-order valence-electron chi connectivity index (χ4n) is 4.52. The lowest BCUT2D eigenvalue weighted by molar-refractivity contribution is 0.396. The molecule has 4 aromatic rings. The Balaban J connectivity index is 1.43. The summed E-state index contributed by atoms with van der Waals surface area (Å²) in [6.07, 6.45) is 10.5. The zero-order valence-electron chi connectivity index (χ0n) is 23.9. The van der Waals surface area contributed by atoms with E-state index in [2.05, 4.69) is 114 Å². The third kappa shape index (κ3) is 8.70. The Kier molecular flexibility index (Phi) is 10.6. The van der Waals surface area contributed by atoms with Crippen molar-refractivity contribution in [3.63, 3.8) is 0 Å². The summed E-state index contributed by atoms with van der Waals surface area (Å²) in [7, 11) is 8.44. The standard InChI is InChI=1S/C33H42N6/c1-38(2)21-7-5-18-34-24-26-9-13-28(14-10-26)31-23-32(37-33-30(31)17-20-36-33)29-15-11-27(12-16-29)25-35-19-6-8-22-39(3)4/h9-17,20,23-25H,5-8,18-19,21-22H2,1-4H3,(H,36,37)/b34-24-,35-25+. The van der Waals surface area contributed by atoms with Gasteiger partial charge in [-0.15, -0.1) is 0 Å². The number of aromatic amines is 1. The number of aromatic nitrogens is 2. The first-order valence-electron chi connectivity index (χ1n) is 14.0. The highest BCUT2D eigenvalue weighted by Crippen LogP contribution is 2.32. The van der Waals surface area contributed by atoms with Gasteiger partial charge in [-0.05, 0) is 101 Å². The van der Waals surface area contributed by atoms with Crippen LogP contribution in [0.4, 0.5) is 0 Å². The number of rotatable bonds is 14. The topological polar surface area (TPSA) is 59.9 Å². The first kappa shape index (κ1) is 28.4. The number of hydrogen-bond donors (Lipinski definition) is 1. The van der Waals surface area contributed by atoms with Gasteiger partial charge in [0.2, 0.25) is 0 Å². The molecule has 4 rings (SSSR count). The van der Waals surface area contributed by atoms with Crippen LogP contribution in [0.25, 0.3) is 33.4 Å². The second-order valence-corrected chi connectivity index (χ2v) is 10.6. The Hall–Kier alpha value is -3.61. The zero-order chi connectivity index (χ0) is 27.5. The van der Waals surface area contributed by atoms with E-state index in [-0.39, 0.29) is 0 Å². The van der Waals surface area contributed by atoms with Crippen LogP contribution in [0.5, 0.6) is 0 Å². The predicted molar refractivity (Wildman–Crippen MR) is 167 cm³/mol. The molecule has 0 bridgehead atoms. The summed E-state index contributed by atoms with van der Waals surface area (Å²) < 4.78 is 0. The van der Waals surface area contributed by atoms with Gasteiger partial charge in [0.15, 0.2) is 0 Å². The van der Waals surface area contributed by atoms with Gasteiger partial charge in [0.05, 0.1) is 5.69 Å². The molecule has 0 spiro atoms. The van der Waals surface area contributed by atoms with Crippen molar-refractivity contribution in [2.45, 2.75) is 25.7 Å². The summed E-state index contributed by atoms with van der Waals surface area (Å²) in [6, 6.07) is 21.4. The molecule has 1 N–H and O–H groups in total. The first-order valence-corrected chi connectivity index (χ1v) is 14.0. The lowest BCUT2D eigenvalue weighted by Crippen LogP contribution is -2.12. The van der Waals surface area contributed by atoms with Crippen molar-refractivity contribution in [3.8, 4) is 22.4 Å². The minimum Gasteiger partial charge on any atom is -0.346 e. The van der Waals surface area contributed by atoms with Crippen LogP contribution in [0.1, 0.15) is 36.8 Å². The van der Waals surface area contributed by atoms with E-state index >= 15 is 0 Å². The fourth-order valence-corrected chi connectivity index (χ4v) is 4.52. The number of unbranched alkanes of at least 4 members (excludes halogenated alkanes) is 2. The van der Waals surface area contributed by atoms with E-state index in [0.717, 1.165) is 72.4 Å². The molecule has 0 aliphatic heterocycles. The van der Waals surface area contributed by atoms with Gasteiger partial charge in [-0.3, -0.25) is 9.98 Å². The van der Waals surface area contributed by atoms with Gasteiger partial charge in [0, 0.05) is 42.7 Å². The molecular weight excluding hydrogens is 480 g/mol. The molecule has 39 heavy (non-hydrogen) atoms. The molecule has 0 aliphatic carbocycles. The quantitative estimate of drug-likeness (QED) is 0.154. The van der Waals surface area contributed by atoms with Gasteiger partial charge in [-0.25, -0.2) is 4.98 Å². The van der Waals surface area contributed by atoms with Crippen LogP contribution in [0.2, 0.25) is 0 Å². The van der Waals surface area contributed by atoms with E-state index in [4.69, 9.17) is 4.98 Å². The molecule has 6 nitrogen and oxygen atoms in total. The van der Waals surface area contributed by atoms with Gasteiger partial charge >= 0.3 is 0 Å². The zero-order valence-corrected chi connectivity index (χ0v) is 23.9. The highest BCUT2D eigenvalue weighted by atomic mass is 15.0. The Labute approximate surface area is 233 Å². The molecule has 2 aromatic heterocycles. The SMILES string of the molecule is CN(C)CCCC/N=C\c1ccc(-c2cc(-c3ccc(/C=N/CCCCN(C)C)cc3)nc3[nH]ccc23)cc1. The number of nitrogens with one attached hydrogen (secondary N) is 1. The van der Waals surface area contributed by atoms with Crippen molar-refractivity contribution < 1.29 is 0 Å². The van der Waals surface area contributed by atoms with Crippen molar-refractivity contribution in [1.29, 1.82) is 0 Å². The molecular formula is C33H42N6. The van der Waals surface area contributed by atoms with Crippen LogP contribution in [0.15, 0.2) is 76.8 Å². The van der Waals surface area contributed by atoms with Gasteiger partial charge in [-0.1, -0.05) is 48.5 Å². The van der Waals surface area contributed by atoms with Crippen molar-refractivity contribution in [2.75, 3.05) is 54.4 Å². The number of nitrogens with zero attached hydrogens (tertiary/aromatic N) is 5. The Bertz CT molecular complexity index is 1350. The fraction of sp³-hybridized carbons (Fsp3) is 0.364. The van der Waals surface area contributed by atoms with Gasteiger partial charge in [-0.2, -0.15) is 0 Å². The van der Waals surface area contributed by atoms with Crippen LogP contribution in [-0.2, 0) is 0 Å². The van der Waals surface area contributed by atoms with Crippen LogP contribution >= 0.6 is 0 Å². The first-order chi connectivity index (χ1) is 19.0. The summed E-state index contributed by atoms with van der Waals surface area (Å²) in [5, 5.41) is 1.12. The molecule has 2 heterocycles. The predicted octanol–water partition coefficient (Wildman–Crippen LogP) is 6.42. The summed E-state index contributed by atoms with van der Waals surface area (Å²) in [5.74, 6) is 0. The molecule has 0 atom stereocenters. The second kappa shape index (κ2) is 14.5. The van der Waals surface area contributed by atoms with Crippen molar-refractivity contribution >= 4 is 23.5 Å². The molecule has 0 saturated carbocycles. The minimum absolute atomic E-state index is 0.866. The lowest BCUT2D eigenvalue weighted by atomic mass is 9.99. The molecule has 0 amide bonds. The Morgan fingerprint density at radius 1 is 0.692 bits per heavy atom. The van der Waals surface area contributed by atoms with E-state index in [1.807, 2.05) is 18.6 Å². The molecule has 0 fully saturated rings. The summed E-state index contributed by atoms with van der Waals surface area (Å²) in [6.45, 7) is 3.96. The number of fused-ring (bicyclic) bond motifs is 1. The van der Waals surface area contributed by atoms with Crippen LogP contribution in [-0.4, -0.2) is 86.6 Å². The van der Waals surface area contributed by atoms with Crippen molar-refractivity contribution in [1.82, 2.24) is 19.8 Å².